The van der Waals surface area contributed by atoms with Gasteiger partial charge < -0.3 is 18.8 Å². The predicted molar refractivity (Wildman–Crippen MR) is 62.3 cm³/mol. The lowest BCUT2D eigenvalue weighted by atomic mass is 10.3. The topological polar surface area (TPSA) is 51.9 Å². The summed E-state index contributed by atoms with van der Waals surface area (Å²) in [6, 6.07) is 3.99. The Morgan fingerprint density at radius 2 is 2.28 bits per heavy atom. The summed E-state index contributed by atoms with van der Waals surface area (Å²) in [5.74, 6) is 0.959. The molecular weight excluding hydrogens is 234 g/mol. The van der Waals surface area contributed by atoms with E-state index in [1.165, 1.54) is 6.26 Å². The van der Waals surface area contributed by atoms with Crippen molar-refractivity contribution in [1.29, 1.82) is 0 Å². The lowest BCUT2D eigenvalue weighted by Crippen LogP contribution is -2.35. The van der Waals surface area contributed by atoms with Gasteiger partial charge in [-0.1, -0.05) is 0 Å². The third-order valence-corrected chi connectivity index (χ3v) is 3.01. The monoisotopic (exact) mass is 249 g/mol. The summed E-state index contributed by atoms with van der Waals surface area (Å²) >= 11 is 0. The Hall–Kier alpha value is -1.91. The standard InChI is InChI=1S/C13H15NO4/c15-13(12-9-16-6-7-18-12)14(10-3-4-10)8-11-2-1-5-17-11/h1-2,5,9-10H,3-4,6-8H2. The van der Waals surface area contributed by atoms with Crippen LogP contribution < -0.4 is 0 Å². The molecule has 18 heavy (non-hydrogen) atoms. The van der Waals surface area contributed by atoms with Gasteiger partial charge >= 0.3 is 0 Å². The number of carbonyl (C=O) groups is 1. The van der Waals surface area contributed by atoms with Crippen LogP contribution >= 0.6 is 0 Å². The molecule has 0 bridgehead atoms. The van der Waals surface area contributed by atoms with E-state index in [1.807, 2.05) is 12.1 Å². The molecule has 1 aliphatic carbocycles. The molecule has 5 heteroatoms. The normalized spacial score (nSPS) is 18.6. The van der Waals surface area contributed by atoms with Crippen LogP contribution in [0.15, 0.2) is 34.8 Å². The summed E-state index contributed by atoms with van der Waals surface area (Å²) in [6.07, 6.45) is 5.11. The highest BCUT2D eigenvalue weighted by atomic mass is 16.6. The Morgan fingerprint density at radius 3 is 2.89 bits per heavy atom. The third kappa shape index (κ3) is 2.34. The van der Waals surface area contributed by atoms with Gasteiger partial charge in [0, 0.05) is 6.04 Å². The first kappa shape index (κ1) is 11.2. The van der Waals surface area contributed by atoms with Crippen molar-refractivity contribution in [2.45, 2.75) is 25.4 Å². The van der Waals surface area contributed by atoms with E-state index in [4.69, 9.17) is 13.9 Å². The highest BCUT2D eigenvalue weighted by Gasteiger charge is 2.35. The van der Waals surface area contributed by atoms with Crippen LogP contribution in [0.2, 0.25) is 0 Å². The second-order valence-electron chi connectivity index (χ2n) is 4.44. The molecule has 3 rings (SSSR count). The second kappa shape index (κ2) is 4.76. The Balaban J connectivity index is 1.73. The molecule has 1 aromatic rings. The van der Waals surface area contributed by atoms with Crippen molar-refractivity contribution in [3.05, 3.63) is 36.2 Å². The minimum Gasteiger partial charge on any atom is -0.494 e. The Kier molecular flexibility index (Phi) is 2.96. The van der Waals surface area contributed by atoms with Gasteiger partial charge in [-0.2, -0.15) is 0 Å². The molecule has 2 heterocycles. The number of ether oxygens (including phenoxy) is 2. The Labute approximate surface area is 105 Å². The number of rotatable bonds is 4. The first-order valence-electron chi connectivity index (χ1n) is 6.12. The zero-order valence-corrected chi connectivity index (χ0v) is 10.0. The highest BCUT2D eigenvalue weighted by molar-refractivity contribution is 5.91. The van der Waals surface area contributed by atoms with Crippen LogP contribution in [0.3, 0.4) is 0 Å². The largest absolute Gasteiger partial charge is 0.494 e. The van der Waals surface area contributed by atoms with Crippen molar-refractivity contribution in [3.63, 3.8) is 0 Å². The minimum absolute atomic E-state index is 0.117. The average molecular weight is 249 g/mol. The molecule has 0 aromatic carbocycles. The van der Waals surface area contributed by atoms with Crippen molar-refractivity contribution >= 4 is 5.91 Å². The Bertz CT molecular complexity index is 448. The third-order valence-electron chi connectivity index (χ3n) is 3.01. The summed E-state index contributed by atoms with van der Waals surface area (Å²) in [5, 5.41) is 0. The molecule has 0 unspecified atom stereocenters. The number of hydrogen-bond donors (Lipinski definition) is 0. The van der Waals surface area contributed by atoms with Crippen LogP contribution in [0.4, 0.5) is 0 Å². The predicted octanol–water partition coefficient (Wildman–Crippen LogP) is 1.66. The van der Waals surface area contributed by atoms with Gasteiger partial charge in [0.25, 0.3) is 5.91 Å². The van der Waals surface area contributed by atoms with Crippen LogP contribution in [0, 0.1) is 0 Å². The Morgan fingerprint density at radius 1 is 1.39 bits per heavy atom. The maximum absolute atomic E-state index is 12.3. The van der Waals surface area contributed by atoms with Gasteiger partial charge in [-0.25, -0.2) is 0 Å². The maximum atomic E-state index is 12.3. The fourth-order valence-corrected chi connectivity index (χ4v) is 1.95. The van der Waals surface area contributed by atoms with Crippen LogP contribution in [-0.2, 0) is 20.8 Å². The minimum atomic E-state index is -0.117. The number of amides is 1. The molecule has 0 atom stereocenters. The van der Waals surface area contributed by atoms with Crippen molar-refractivity contribution in [3.8, 4) is 0 Å². The van der Waals surface area contributed by atoms with Crippen molar-refractivity contribution in [2.24, 2.45) is 0 Å². The van der Waals surface area contributed by atoms with E-state index in [1.54, 1.807) is 11.2 Å². The van der Waals surface area contributed by atoms with Gasteiger partial charge in [-0.15, -0.1) is 0 Å². The zero-order chi connectivity index (χ0) is 12.4. The average Bonchev–Trinajstić information content (AvgIpc) is 3.13. The number of nitrogens with zero attached hydrogens (tertiary/aromatic N) is 1. The lowest BCUT2D eigenvalue weighted by Gasteiger charge is -2.24. The molecule has 2 aliphatic rings. The molecule has 0 radical (unpaired) electrons. The molecule has 0 N–H and O–H groups in total. The van der Waals surface area contributed by atoms with E-state index in [0.29, 0.717) is 31.6 Å². The summed E-state index contributed by atoms with van der Waals surface area (Å²) in [5.41, 5.74) is 0. The van der Waals surface area contributed by atoms with Crippen molar-refractivity contribution in [1.82, 2.24) is 4.90 Å². The fourth-order valence-electron chi connectivity index (χ4n) is 1.95. The van der Waals surface area contributed by atoms with Gasteiger partial charge in [0.1, 0.15) is 25.2 Å². The number of furan rings is 1. The number of hydrogen-bond acceptors (Lipinski definition) is 4. The van der Waals surface area contributed by atoms with Crippen LogP contribution in [0.5, 0.6) is 0 Å². The van der Waals surface area contributed by atoms with E-state index < -0.39 is 0 Å². The van der Waals surface area contributed by atoms with Gasteiger partial charge in [0.2, 0.25) is 5.76 Å². The molecule has 5 nitrogen and oxygen atoms in total. The molecule has 1 amide bonds. The molecule has 1 fully saturated rings. The SMILES string of the molecule is O=C(C1=COCCO1)N(Cc1ccco1)C1CC1. The van der Waals surface area contributed by atoms with Crippen LogP contribution in [0.25, 0.3) is 0 Å². The van der Waals surface area contributed by atoms with E-state index in [2.05, 4.69) is 0 Å². The first-order chi connectivity index (χ1) is 8.84. The smallest absolute Gasteiger partial charge is 0.292 e. The highest BCUT2D eigenvalue weighted by Crippen LogP contribution is 2.30. The summed E-state index contributed by atoms with van der Waals surface area (Å²) in [7, 11) is 0. The van der Waals surface area contributed by atoms with E-state index in [9.17, 15) is 4.79 Å². The van der Waals surface area contributed by atoms with Crippen molar-refractivity contribution in [2.75, 3.05) is 13.2 Å². The molecule has 0 spiro atoms. The molecule has 0 saturated heterocycles. The molecular formula is C13H15NO4. The fraction of sp³-hybridized carbons (Fsp3) is 0.462. The molecule has 1 saturated carbocycles. The van der Waals surface area contributed by atoms with E-state index in [-0.39, 0.29) is 5.91 Å². The van der Waals surface area contributed by atoms with Gasteiger partial charge in [0.05, 0.1) is 12.8 Å². The lowest BCUT2D eigenvalue weighted by molar-refractivity contribution is -0.133. The van der Waals surface area contributed by atoms with Crippen molar-refractivity contribution < 1.29 is 18.7 Å². The maximum Gasteiger partial charge on any atom is 0.292 e. The van der Waals surface area contributed by atoms with Gasteiger partial charge in [-0.05, 0) is 25.0 Å². The zero-order valence-electron chi connectivity index (χ0n) is 10.0. The van der Waals surface area contributed by atoms with Gasteiger partial charge in [-0.3, -0.25) is 4.79 Å². The summed E-state index contributed by atoms with van der Waals surface area (Å²) in [6.45, 7) is 1.41. The molecule has 1 aliphatic heterocycles. The van der Waals surface area contributed by atoms with E-state index in [0.717, 1.165) is 18.6 Å². The first-order valence-corrected chi connectivity index (χ1v) is 6.12. The van der Waals surface area contributed by atoms with Crippen LogP contribution in [0.1, 0.15) is 18.6 Å². The summed E-state index contributed by atoms with van der Waals surface area (Å²) in [4.78, 5) is 14.1. The number of carbonyl (C=O) groups excluding carboxylic acids is 1. The van der Waals surface area contributed by atoms with Gasteiger partial charge in [0.15, 0.2) is 0 Å². The molecule has 96 valence electrons. The van der Waals surface area contributed by atoms with E-state index >= 15 is 0 Å². The quantitative estimate of drug-likeness (QED) is 0.814. The van der Waals surface area contributed by atoms with Crippen LogP contribution in [-0.4, -0.2) is 30.1 Å². The summed E-state index contributed by atoms with van der Waals surface area (Å²) < 4.78 is 15.8. The molecule has 1 aromatic heterocycles. The second-order valence-corrected chi connectivity index (χ2v) is 4.44.